The van der Waals surface area contributed by atoms with E-state index < -0.39 is 0 Å². The Morgan fingerprint density at radius 2 is 2.12 bits per heavy atom. The molecule has 0 saturated heterocycles. The lowest BCUT2D eigenvalue weighted by Crippen LogP contribution is -2.18. The van der Waals surface area contributed by atoms with E-state index in [0.29, 0.717) is 30.2 Å². The molecule has 0 aliphatic heterocycles. The lowest BCUT2D eigenvalue weighted by atomic mass is 10.3. The van der Waals surface area contributed by atoms with E-state index in [-0.39, 0.29) is 12.5 Å². The molecule has 1 amide bonds. The van der Waals surface area contributed by atoms with Gasteiger partial charge in [0.15, 0.2) is 5.13 Å². The van der Waals surface area contributed by atoms with Crippen LogP contribution in [0.2, 0.25) is 0 Å². The lowest BCUT2D eigenvalue weighted by Gasteiger charge is -2.06. The van der Waals surface area contributed by atoms with Crippen LogP contribution in [0.5, 0.6) is 11.5 Å². The molecule has 0 spiro atoms. The van der Waals surface area contributed by atoms with Gasteiger partial charge in [0, 0.05) is 38.5 Å². The van der Waals surface area contributed by atoms with E-state index in [9.17, 15) is 4.79 Å². The van der Waals surface area contributed by atoms with E-state index in [1.54, 1.807) is 19.2 Å². The monoisotopic (exact) mass is 358 g/mol. The van der Waals surface area contributed by atoms with E-state index in [2.05, 4.69) is 20.6 Å². The molecule has 0 fully saturated rings. The minimum Gasteiger partial charge on any atom is -0.457 e. The third-order valence-corrected chi connectivity index (χ3v) is 4.37. The van der Waals surface area contributed by atoms with Crippen LogP contribution in [0.1, 0.15) is 16.9 Å². The molecule has 3 N–H and O–H groups in total. The van der Waals surface area contributed by atoms with E-state index in [1.165, 1.54) is 17.5 Å². The van der Waals surface area contributed by atoms with Crippen molar-refractivity contribution in [3.8, 4) is 11.5 Å². The van der Waals surface area contributed by atoms with Crippen molar-refractivity contribution < 1.29 is 14.6 Å². The Bertz CT molecular complexity index is 881. The Morgan fingerprint density at radius 3 is 2.92 bits per heavy atom. The van der Waals surface area contributed by atoms with Crippen molar-refractivity contribution in [3.63, 3.8) is 0 Å². The number of hydrogen-bond acceptors (Lipinski definition) is 7. The van der Waals surface area contributed by atoms with Crippen LogP contribution in [0.4, 0.5) is 5.13 Å². The lowest BCUT2D eigenvalue weighted by molar-refractivity contribution is 0.0958. The molecule has 2 heterocycles. The number of anilines is 1. The number of nitrogens with zero attached hydrogens (tertiary/aromatic N) is 2. The van der Waals surface area contributed by atoms with Crippen LogP contribution in [0.3, 0.4) is 0 Å². The summed E-state index contributed by atoms with van der Waals surface area (Å²) in [5.74, 6) is 0.938. The first-order valence-corrected chi connectivity index (χ1v) is 8.62. The topological polar surface area (TPSA) is 96.4 Å². The predicted octanol–water partition coefficient (Wildman–Crippen LogP) is 2.64. The molecule has 8 heteroatoms. The number of aromatic nitrogens is 2. The van der Waals surface area contributed by atoms with E-state index in [0.717, 1.165) is 15.3 Å². The molecular weight excluding hydrogens is 340 g/mol. The van der Waals surface area contributed by atoms with Gasteiger partial charge < -0.3 is 20.5 Å². The molecule has 1 aromatic carbocycles. The number of fused-ring (bicyclic) bond motifs is 1. The molecule has 7 nitrogen and oxygen atoms in total. The van der Waals surface area contributed by atoms with Gasteiger partial charge in [-0.3, -0.25) is 9.78 Å². The van der Waals surface area contributed by atoms with Crippen LogP contribution < -0.4 is 15.4 Å². The number of aliphatic hydroxyl groups excluding tert-OH is 1. The van der Waals surface area contributed by atoms with Gasteiger partial charge in [0.2, 0.25) is 0 Å². The average molecular weight is 358 g/mol. The van der Waals surface area contributed by atoms with E-state index in [1.807, 2.05) is 18.2 Å². The first-order valence-electron chi connectivity index (χ1n) is 7.81. The predicted molar refractivity (Wildman–Crippen MR) is 97.5 cm³/mol. The molecule has 3 aromatic rings. The number of nitrogens with one attached hydrogen (secondary N) is 2. The zero-order valence-electron chi connectivity index (χ0n) is 13.7. The number of benzene rings is 1. The van der Waals surface area contributed by atoms with Gasteiger partial charge in [-0.1, -0.05) is 11.3 Å². The number of carbonyl (C=O) groups is 1. The second-order valence-corrected chi connectivity index (χ2v) is 6.24. The van der Waals surface area contributed by atoms with Crippen LogP contribution in [-0.2, 0) is 0 Å². The Labute approximate surface area is 148 Å². The van der Waals surface area contributed by atoms with Gasteiger partial charge in [-0.15, -0.1) is 0 Å². The molecule has 0 unspecified atom stereocenters. The number of pyridine rings is 1. The SMILES string of the molecule is CNC(=O)c1cc(Oc2ccc3nc(NCCCO)sc3c2)ccn1. The quantitative estimate of drug-likeness (QED) is 0.562. The number of aliphatic hydroxyl groups is 1. The average Bonchev–Trinajstić information content (AvgIpc) is 3.03. The highest BCUT2D eigenvalue weighted by atomic mass is 32.1. The Balaban J connectivity index is 1.76. The van der Waals surface area contributed by atoms with Crippen molar-refractivity contribution in [2.75, 3.05) is 25.5 Å². The van der Waals surface area contributed by atoms with Crippen LogP contribution >= 0.6 is 11.3 Å². The molecule has 0 aliphatic carbocycles. The fraction of sp³-hybridized carbons (Fsp3) is 0.235. The molecule has 0 atom stereocenters. The molecule has 2 aromatic heterocycles. The Kier molecular flexibility index (Phi) is 5.42. The molecule has 3 rings (SSSR count). The molecule has 0 saturated carbocycles. The number of carbonyl (C=O) groups excluding carboxylic acids is 1. The molecular formula is C17H18N4O3S. The minimum atomic E-state index is -0.262. The van der Waals surface area contributed by atoms with E-state index >= 15 is 0 Å². The molecule has 0 radical (unpaired) electrons. The maximum Gasteiger partial charge on any atom is 0.269 e. The first-order chi connectivity index (χ1) is 12.2. The molecule has 0 aliphatic rings. The second kappa shape index (κ2) is 7.91. The van der Waals surface area contributed by atoms with Crippen molar-refractivity contribution in [1.29, 1.82) is 0 Å². The van der Waals surface area contributed by atoms with Gasteiger partial charge in [0.25, 0.3) is 5.91 Å². The summed E-state index contributed by atoms with van der Waals surface area (Å²) in [6.07, 6.45) is 2.22. The van der Waals surface area contributed by atoms with Crippen LogP contribution in [0, 0.1) is 0 Å². The van der Waals surface area contributed by atoms with Gasteiger partial charge in [-0.25, -0.2) is 4.98 Å². The summed E-state index contributed by atoms with van der Waals surface area (Å²) in [5, 5.41) is 15.4. The Hall–Kier alpha value is -2.71. The highest BCUT2D eigenvalue weighted by Crippen LogP contribution is 2.31. The van der Waals surface area contributed by atoms with Crippen molar-refractivity contribution in [3.05, 3.63) is 42.2 Å². The Morgan fingerprint density at radius 1 is 1.28 bits per heavy atom. The summed E-state index contributed by atoms with van der Waals surface area (Å²) in [6, 6.07) is 8.92. The normalized spacial score (nSPS) is 10.6. The highest BCUT2D eigenvalue weighted by molar-refractivity contribution is 7.22. The zero-order valence-corrected chi connectivity index (χ0v) is 14.5. The minimum absolute atomic E-state index is 0.153. The number of hydrogen-bond donors (Lipinski definition) is 3. The van der Waals surface area contributed by atoms with E-state index in [4.69, 9.17) is 9.84 Å². The van der Waals surface area contributed by atoms with Gasteiger partial charge in [-0.2, -0.15) is 0 Å². The van der Waals surface area contributed by atoms with Gasteiger partial charge in [0.05, 0.1) is 10.2 Å². The molecule has 130 valence electrons. The van der Waals surface area contributed by atoms with Gasteiger partial charge in [-0.05, 0) is 24.6 Å². The summed E-state index contributed by atoms with van der Waals surface area (Å²) in [6.45, 7) is 0.832. The molecule has 25 heavy (non-hydrogen) atoms. The summed E-state index contributed by atoms with van der Waals surface area (Å²) in [5.41, 5.74) is 1.18. The van der Waals surface area contributed by atoms with Crippen molar-refractivity contribution >= 4 is 32.6 Å². The molecule has 0 bridgehead atoms. The second-order valence-electron chi connectivity index (χ2n) is 5.21. The maximum atomic E-state index is 11.6. The van der Waals surface area contributed by atoms with Crippen LogP contribution in [0.15, 0.2) is 36.5 Å². The maximum absolute atomic E-state index is 11.6. The largest absolute Gasteiger partial charge is 0.457 e. The first kappa shape index (κ1) is 17.1. The number of ether oxygens (including phenoxy) is 1. The summed E-state index contributed by atoms with van der Waals surface area (Å²) in [4.78, 5) is 20.1. The zero-order chi connectivity index (χ0) is 17.6. The highest BCUT2D eigenvalue weighted by Gasteiger charge is 2.08. The van der Waals surface area contributed by atoms with Crippen LogP contribution in [-0.4, -0.2) is 41.2 Å². The fourth-order valence-electron chi connectivity index (χ4n) is 2.18. The van der Waals surface area contributed by atoms with Crippen molar-refractivity contribution in [1.82, 2.24) is 15.3 Å². The summed E-state index contributed by atoms with van der Waals surface area (Å²) >= 11 is 1.52. The van der Waals surface area contributed by atoms with Gasteiger partial charge in [0.1, 0.15) is 17.2 Å². The van der Waals surface area contributed by atoms with Gasteiger partial charge >= 0.3 is 0 Å². The third kappa shape index (κ3) is 4.23. The smallest absolute Gasteiger partial charge is 0.269 e. The third-order valence-electron chi connectivity index (χ3n) is 3.40. The fourth-order valence-corrected chi connectivity index (χ4v) is 3.10. The number of thiazole rings is 1. The summed E-state index contributed by atoms with van der Waals surface area (Å²) < 4.78 is 6.83. The van der Waals surface area contributed by atoms with Crippen molar-refractivity contribution in [2.45, 2.75) is 6.42 Å². The number of rotatable bonds is 7. The van der Waals surface area contributed by atoms with Crippen molar-refractivity contribution in [2.24, 2.45) is 0 Å². The standard InChI is InChI=1S/C17H18N4O3S/c1-18-16(23)14-9-12(5-7-19-14)24-11-3-4-13-15(10-11)25-17(21-13)20-6-2-8-22/h3-5,7,9-10,22H,2,6,8H2,1H3,(H,18,23)(H,20,21). The summed E-state index contributed by atoms with van der Waals surface area (Å²) in [7, 11) is 1.56. The van der Waals surface area contributed by atoms with Crippen LogP contribution in [0.25, 0.3) is 10.2 Å². The number of amides is 1.